The molecule has 34 heavy (non-hydrogen) atoms. The number of ketones is 1. The van der Waals surface area contributed by atoms with Gasteiger partial charge >= 0.3 is 0 Å². The molecule has 2 aromatic rings. The van der Waals surface area contributed by atoms with Crippen LogP contribution in [-0.2, 0) is 14.3 Å². The average molecular weight is 467 g/mol. The Morgan fingerprint density at radius 2 is 1.85 bits per heavy atom. The van der Waals surface area contributed by atoms with Crippen LogP contribution in [0.2, 0.25) is 0 Å². The van der Waals surface area contributed by atoms with Crippen LogP contribution in [0.5, 0.6) is 11.5 Å². The standard InChI is InChI=1S/C26H30N2O6/c1-3-34-19-8-6-7-18(17-19)23-22(24(29)20-9-4-5-10-21(20)32-2)25(30)26(31)28(23)12-11-27-13-15-33-16-14-27/h4-10,17,23,29H,3,11-16H2,1-2H3/b24-22+. The molecule has 2 saturated heterocycles. The van der Waals surface area contributed by atoms with Gasteiger partial charge in [-0.2, -0.15) is 0 Å². The quantitative estimate of drug-likeness (QED) is 0.364. The van der Waals surface area contributed by atoms with Gasteiger partial charge in [-0.25, -0.2) is 0 Å². The van der Waals surface area contributed by atoms with Crippen molar-refractivity contribution in [1.82, 2.24) is 9.80 Å². The Hall–Kier alpha value is -3.36. The van der Waals surface area contributed by atoms with Gasteiger partial charge in [0.15, 0.2) is 0 Å². The first-order chi connectivity index (χ1) is 16.5. The summed E-state index contributed by atoms with van der Waals surface area (Å²) in [5.74, 6) is -0.539. The van der Waals surface area contributed by atoms with Crippen LogP contribution in [-0.4, -0.2) is 79.7 Å². The summed E-state index contributed by atoms with van der Waals surface area (Å²) in [4.78, 5) is 30.2. The predicted molar refractivity (Wildman–Crippen MR) is 127 cm³/mol. The fourth-order valence-electron chi connectivity index (χ4n) is 4.46. The number of morpholine rings is 1. The Morgan fingerprint density at radius 1 is 1.09 bits per heavy atom. The van der Waals surface area contributed by atoms with Crippen LogP contribution in [0.3, 0.4) is 0 Å². The molecule has 0 aliphatic carbocycles. The average Bonchev–Trinajstić information content (AvgIpc) is 3.13. The molecule has 8 nitrogen and oxygen atoms in total. The summed E-state index contributed by atoms with van der Waals surface area (Å²) in [6.07, 6.45) is 0. The van der Waals surface area contributed by atoms with Crippen LogP contribution in [0.25, 0.3) is 5.76 Å². The number of hydrogen-bond acceptors (Lipinski definition) is 7. The number of benzene rings is 2. The molecule has 0 radical (unpaired) electrons. The Bertz CT molecular complexity index is 1080. The molecule has 2 aliphatic heterocycles. The number of carbonyl (C=O) groups excluding carboxylic acids is 2. The van der Waals surface area contributed by atoms with E-state index < -0.39 is 17.7 Å². The smallest absolute Gasteiger partial charge is 0.295 e. The summed E-state index contributed by atoms with van der Waals surface area (Å²) in [7, 11) is 1.50. The summed E-state index contributed by atoms with van der Waals surface area (Å²) in [5, 5.41) is 11.3. The fraction of sp³-hybridized carbons (Fsp3) is 0.385. The van der Waals surface area contributed by atoms with Crippen molar-refractivity contribution in [3.8, 4) is 11.5 Å². The third-order valence-corrected chi connectivity index (χ3v) is 6.15. The number of methoxy groups -OCH3 is 1. The summed E-state index contributed by atoms with van der Waals surface area (Å²) in [5.41, 5.74) is 1.11. The van der Waals surface area contributed by atoms with Gasteiger partial charge in [-0.1, -0.05) is 24.3 Å². The van der Waals surface area contributed by atoms with Crippen molar-refractivity contribution >= 4 is 17.4 Å². The van der Waals surface area contributed by atoms with E-state index in [2.05, 4.69) is 4.90 Å². The first kappa shape index (κ1) is 23.8. The second-order valence-corrected chi connectivity index (χ2v) is 8.15. The topological polar surface area (TPSA) is 88.5 Å². The van der Waals surface area contributed by atoms with Gasteiger partial charge in [0.2, 0.25) is 0 Å². The monoisotopic (exact) mass is 466 g/mol. The largest absolute Gasteiger partial charge is 0.507 e. The van der Waals surface area contributed by atoms with Crippen LogP contribution < -0.4 is 9.47 Å². The van der Waals surface area contributed by atoms with E-state index in [1.54, 1.807) is 29.2 Å². The molecule has 4 rings (SSSR count). The van der Waals surface area contributed by atoms with E-state index in [-0.39, 0.29) is 11.3 Å². The normalized spacial score (nSPS) is 20.5. The zero-order valence-corrected chi connectivity index (χ0v) is 19.5. The number of carbonyl (C=O) groups is 2. The van der Waals surface area contributed by atoms with E-state index in [0.717, 1.165) is 13.1 Å². The van der Waals surface area contributed by atoms with Crippen molar-refractivity contribution < 1.29 is 28.9 Å². The highest BCUT2D eigenvalue weighted by Gasteiger charge is 2.46. The Labute approximate surface area is 199 Å². The number of ether oxygens (including phenoxy) is 3. The number of likely N-dealkylation sites (tertiary alicyclic amines) is 1. The molecule has 0 spiro atoms. The van der Waals surface area contributed by atoms with Crippen LogP contribution in [0.4, 0.5) is 0 Å². The first-order valence-corrected chi connectivity index (χ1v) is 11.5. The van der Waals surface area contributed by atoms with Crippen LogP contribution in [0.1, 0.15) is 24.1 Å². The van der Waals surface area contributed by atoms with Crippen LogP contribution in [0, 0.1) is 0 Å². The van der Waals surface area contributed by atoms with E-state index in [1.165, 1.54) is 7.11 Å². The molecular weight excluding hydrogens is 436 g/mol. The highest BCUT2D eigenvalue weighted by atomic mass is 16.5. The van der Waals surface area contributed by atoms with Gasteiger partial charge in [0.05, 0.1) is 44.1 Å². The number of hydrogen-bond donors (Lipinski definition) is 1. The summed E-state index contributed by atoms with van der Waals surface area (Å²) < 4.78 is 16.5. The third kappa shape index (κ3) is 4.78. The van der Waals surface area contributed by atoms with Crippen molar-refractivity contribution in [1.29, 1.82) is 0 Å². The van der Waals surface area contributed by atoms with E-state index in [4.69, 9.17) is 14.2 Å². The minimum atomic E-state index is -0.744. The van der Waals surface area contributed by atoms with E-state index in [0.29, 0.717) is 55.5 Å². The number of aliphatic hydroxyl groups excluding tert-OH is 1. The number of aliphatic hydroxyl groups is 1. The molecule has 1 unspecified atom stereocenters. The minimum Gasteiger partial charge on any atom is -0.507 e. The highest BCUT2D eigenvalue weighted by molar-refractivity contribution is 6.46. The molecule has 0 saturated carbocycles. The molecule has 0 aromatic heterocycles. The van der Waals surface area contributed by atoms with Gasteiger partial charge in [0.1, 0.15) is 17.3 Å². The van der Waals surface area contributed by atoms with Gasteiger partial charge in [0, 0.05) is 26.2 Å². The molecule has 1 amide bonds. The summed E-state index contributed by atoms with van der Waals surface area (Å²) in [6, 6.07) is 13.5. The molecule has 1 N–H and O–H groups in total. The maximum absolute atomic E-state index is 13.3. The van der Waals surface area contributed by atoms with E-state index >= 15 is 0 Å². The van der Waals surface area contributed by atoms with Crippen molar-refractivity contribution in [2.24, 2.45) is 0 Å². The lowest BCUT2D eigenvalue weighted by Gasteiger charge is -2.31. The van der Waals surface area contributed by atoms with Crippen molar-refractivity contribution in [3.63, 3.8) is 0 Å². The van der Waals surface area contributed by atoms with Gasteiger partial charge in [-0.05, 0) is 36.8 Å². The lowest BCUT2D eigenvalue weighted by molar-refractivity contribution is -0.140. The van der Waals surface area contributed by atoms with Crippen molar-refractivity contribution in [2.75, 3.05) is 53.1 Å². The lowest BCUT2D eigenvalue weighted by Crippen LogP contribution is -2.42. The predicted octanol–water partition coefficient (Wildman–Crippen LogP) is 2.85. The minimum absolute atomic E-state index is 0.0464. The van der Waals surface area contributed by atoms with E-state index in [1.807, 2.05) is 31.2 Å². The third-order valence-electron chi connectivity index (χ3n) is 6.15. The zero-order chi connectivity index (χ0) is 24.1. The van der Waals surface area contributed by atoms with Gasteiger partial charge < -0.3 is 24.2 Å². The van der Waals surface area contributed by atoms with Gasteiger partial charge in [0.25, 0.3) is 11.7 Å². The molecule has 1 atom stereocenters. The Kier molecular flexibility index (Phi) is 7.49. The highest BCUT2D eigenvalue weighted by Crippen LogP contribution is 2.41. The number of Topliss-reactive ketones (excluding diaryl/α,β-unsaturated/α-hetero) is 1. The second kappa shape index (κ2) is 10.7. The molecule has 8 heteroatoms. The maximum Gasteiger partial charge on any atom is 0.295 e. The zero-order valence-electron chi connectivity index (χ0n) is 19.5. The number of nitrogens with zero attached hydrogens (tertiary/aromatic N) is 2. The van der Waals surface area contributed by atoms with Gasteiger partial charge in [-0.15, -0.1) is 0 Å². The Balaban J connectivity index is 1.78. The van der Waals surface area contributed by atoms with Gasteiger partial charge in [-0.3, -0.25) is 14.5 Å². The van der Waals surface area contributed by atoms with Crippen LogP contribution in [0.15, 0.2) is 54.1 Å². The maximum atomic E-state index is 13.3. The SMILES string of the molecule is CCOc1cccc(C2/C(=C(\O)c3ccccc3OC)C(=O)C(=O)N2CCN2CCOCC2)c1. The molecule has 2 fully saturated rings. The molecular formula is C26H30N2O6. The second-order valence-electron chi connectivity index (χ2n) is 8.15. The van der Waals surface area contributed by atoms with Crippen molar-refractivity contribution in [2.45, 2.75) is 13.0 Å². The first-order valence-electron chi connectivity index (χ1n) is 11.5. The Morgan fingerprint density at radius 3 is 2.59 bits per heavy atom. The summed E-state index contributed by atoms with van der Waals surface area (Å²) >= 11 is 0. The molecule has 0 bridgehead atoms. The molecule has 2 heterocycles. The number of rotatable bonds is 8. The molecule has 2 aromatic carbocycles. The molecule has 180 valence electrons. The lowest BCUT2D eigenvalue weighted by atomic mass is 9.95. The summed E-state index contributed by atoms with van der Waals surface area (Å²) in [6.45, 7) is 6.17. The van der Waals surface area contributed by atoms with Crippen LogP contribution >= 0.6 is 0 Å². The van der Waals surface area contributed by atoms with E-state index in [9.17, 15) is 14.7 Å². The fourth-order valence-corrected chi connectivity index (χ4v) is 4.46. The number of para-hydroxylation sites is 1. The molecule has 2 aliphatic rings. The number of amides is 1. The van der Waals surface area contributed by atoms with Crippen molar-refractivity contribution in [3.05, 3.63) is 65.2 Å².